The van der Waals surface area contributed by atoms with E-state index in [1.54, 1.807) is 18.2 Å². The molecule has 0 aliphatic carbocycles. The molecule has 13 heavy (non-hydrogen) atoms. The van der Waals surface area contributed by atoms with Gasteiger partial charge in [0, 0.05) is 5.69 Å². The third-order valence-electron chi connectivity index (χ3n) is 1.64. The fourth-order valence-electron chi connectivity index (χ4n) is 1.03. The number of carbonyl (C=O) groups excluding carboxylic acids is 1. The molecular weight excluding hydrogens is 170 g/mol. The molecule has 0 aromatic heterocycles. The van der Waals surface area contributed by atoms with Crippen LogP contribution in [0.3, 0.4) is 0 Å². The van der Waals surface area contributed by atoms with Gasteiger partial charge in [0.05, 0.1) is 7.11 Å². The highest BCUT2D eigenvalue weighted by molar-refractivity contribution is 6.01. The van der Waals surface area contributed by atoms with Gasteiger partial charge in [0.25, 0.3) is 5.91 Å². The fraction of sp³-hybridized carbons (Fsp3) is 0.125. The molecule has 0 unspecified atom stereocenters. The maximum absolute atomic E-state index is 11.2. The number of hydrazine groups is 1. The minimum absolute atomic E-state index is 0.257. The summed E-state index contributed by atoms with van der Waals surface area (Å²) in [4.78, 5) is 11.2. The second-order valence-electron chi connectivity index (χ2n) is 2.40. The molecule has 1 amide bonds. The summed E-state index contributed by atoms with van der Waals surface area (Å²) < 4.78 is 4.95. The van der Waals surface area contributed by atoms with Crippen molar-refractivity contribution in [3.63, 3.8) is 0 Å². The SMILES string of the molecule is COc1cccc(N)c1C(=O)NN. The summed E-state index contributed by atoms with van der Waals surface area (Å²) in [6, 6.07) is 4.94. The first kappa shape index (κ1) is 9.34. The molecular formula is C8H11N3O2. The van der Waals surface area contributed by atoms with Gasteiger partial charge >= 0.3 is 0 Å². The second kappa shape index (κ2) is 3.77. The Balaban J connectivity index is 3.22. The third kappa shape index (κ3) is 1.70. The molecule has 5 heteroatoms. The van der Waals surface area contributed by atoms with Crippen LogP contribution in [0.15, 0.2) is 18.2 Å². The summed E-state index contributed by atoms with van der Waals surface area (Å²) in [5.74, 6) is 4.93. The van der Waals surface area contributed by atoms with Gasteiger partial charge in [-0.2, -0.15) is 0 Å². The van der Waals surface area contributed by atoms with Gasteiger partial charge in [-0.05, 0) is 12.1 Å². The molecule has 0 bridgehead atoms. The molecule has 1 aromatic carbocycles. The van der Waals surface area contributed by atoms with E-state index >= 15 is 0 Å². The minimum atomic E-state index is -0.463. The summed E-state index contributed by atoms with van der Waals surface area (Å²) in [5, 5.41) is 0. The number of ether oxygens (including phenoxy) is 1. The van der Waals surface area contributed by atoms with Crippen molar-refractivity contribution in [2.75, 3.05) is 12.8 Å². The van der Waals surface area contributed by atoms with Crippen molar-refractivity contribution in [1.82, 2.24) is 5.43 Å². The smallest absolute Gasteiger partial charge is 0.271 e. The molecule has 0 aliphatic heterocycles. The van der Waals surface area contributed by atoms with Gasteiger partial charge in [0.15, 0.2) is 0 Å². The Kier molecular flexibility index (Phi) is 2.71. The molecule has 0 aliphatic rings. The van der Waals surface area contributed by atoms with Crippen molar-refractivity contribution in [3.05, 3.63) is 23.8 Å². The van der Waals surface area contributed by atoms with E-state index < -0.39 is 5.91 Å². The number of benzene rings is 1. The summed E-state index contributed by atoms with van der Waals surface area (Å²) in [5.41, 5.74) is 8.17. The number of amides is 1. The molecule has 0 atom stereocenters. The van der Waals surface area contributed by atoms with E-state index in [0.717, 1.165) is 0 Å². The molecule has 0 radical (unpaired) electrons. The molecule has 5 N–H and O–H groups in total. The molecule has 5 nitrogen and oxygen atoms in total. The van der Waals surface area contributed by atoms with Crippen molar-refractivity contribution in [2.24, 2.45) is 5.84 Å². The largest absolute Gasteiger partial charge is 0.496 e. The Bertz CT molecular complexity index is 325. The van der Waals surface area contributed by atoms with Crippen LogP contribution in [0, 0.1) is 0 Å². The number of methoxy groups -OCH3 is 1. The van der Waals surface area contributed by atoms with Gasteiger partial charge in [-0.15, -0.1) is 0 Å². The molecule has 1 aromatic rings. The molecule has 0 spiro atoms. The Hall–Kier alpha value is -1.75. The van der Waals surface area contributed by atoms with Crippen molar-refractivity contribution >= 4 is 11.6 Å². The third-order valence-corrected chi connectivity index (χ3v) is 1.64. The molecule has 1 rings (SSSR count). The Morgan fingerprint density at radius 3 is 2.77 bits per heavy atom. The predicted octanol–water partition coefficient (Wildman–Crippen LogP) is -0.119. The summed E-state index contributed by atoms with van der Waals surface area (Å²) in [6.07, 6.45) is 0. The summed E-state index contributed by atoms with van der Waals surface area (Å²) in [7, 11) is 1.46. The van der Waals surface area contributed by atoms with Crippen LogP contribution in [0.4, 0.5) is 5.69 Å². The Morgan fingerprint density at radius 2 is 2.23 bits per heavy atom. The zero-order chi connectivity index (χ0) is 9.84. The number of hydrogen-bond acceptors (Lipinski definition) is 4. The number of hydrogen-bond donors (Lipinski definition) is 3. The molecule has 0 saturated heterocycles. The second-order valence-corrected chi connectivity index (χ2v) is 2.40. The van der Waals surface area contributed by atoms with Crippen LogP contribution in [-0.2, 0) is 0 Å². The average Bonchev–Trinajstić information content (AvgIpc) is 2.16. The maximum atomic E-state index is 11.2. The average molecular weight is 181 g/mol. The highest BCUT2D eigenvalue weighted by Crippen LogP contribution is 2.23. The molecule has 0 heterocycles. The van der Waals surface area contributed by atoms with Crippen molar-refractivity contribution in [2.45, 2.75) is 0 Å². The number of rotatable bonds is 2. The molecule has 70 valence electrons. The van der Waals surface area contributed by atoms with Crippen LogP contribution in [0.5, 0.6) is 5.75 Å². The number of anilines is 1. The van der Waals surface area contributed by atoms with Gasteiger partial charge in [0.2, 0.25) is 0 Å². The van der Waals surface area contributed by atoms with Crippen molar-refractivity contribution in [3.8, 4) is 5.75 Å². The Labute approximate surface area is 75.6 Å². The van der Waals surface area contributed by atoms with E-state index in [0.29, 0.717) is 11.4 Å². The van der Waals surface area contributed by atoms with Crippen LogP contribution in [0.1, 0.15) is 10.4 Å². The first-order valence-electron chi connectivity index (χ1n) is 3.64. The van der Waals surface area contributed by atoms with Crippen LogP contribution in [-0.4, -0.2) is 13.0 Å². The van der Waals surface area contributed by atoms with E-state index in [1.165, 1.54) is 7.11 Å². The predicted molar refractivity (Wildman–Crippen MR) is 49.1 cm³/mol. The lowest BCUT2D eigenvalue weighted by atomic mass is 10.1. The van der Waals surface area contributed by atoms with Crippen molar-refractivity contribution < 1.29 is 9.53 Å². The highest BCUT2D eigenvalue weighted by atomic mass is 16.5. The van der Waals surface area contributed by atoms with Gasteiger partial charge in [-0.3, -0.25) is 10.2 Å². The normalized spacial score (nSPS) is 9.38. The number of nitrogens with one attached hydrogen (secondary N) is 1. The van der Waals surface area contributed by atoms with Crippen molar-refractivity contribution in [1.29, 1.82) is 0 Å². The number of nitrogens with two attached hydrogens (primary N) is 2. The fourth-order valence-corrected chi connectivity index (χ4v) is 1.03. The first-order valence-corrected chi connectivity index (χ1v) is 3.64. The zero-order valence-electron chi connectivity index (χ0n) is 7.20. The van der Waals surface area contributed by atoms with Gasteiger partial charge in [-0.1, -0.05) is 6.07 Å². The van der Waals surface area contributed by atoms with Crippen LogP contribution in [0.25, 0.3) is 0 Å². The number of nitrogen functional groups attached to an aromatic ring is 2. The van der Waals surface area contributed by atoms with Crippen LogP contribution < -0.4 is 21.7 Å². The molecule has 0 saturated carbocycles. The lowest BCUT2D eigenvalue weighted by molar-refractivity contribution is 0.0951. The van der Waals surface area contributed by atoms with E-state index in [9.17, 15) is 4.79 Å². The first-order chi connectivity index (χ1) is 6.20. The van der Waals surface area contributed by atoms with Gasteiger partial charge in [-0.25, -0.2) is 5.84 Å². The number of carbonyl (C=O) groups is 1. The zero-order valence-corrected chi connectivity index (χ0v) is 7.20. The van der Waals surface area contributed by atoms with E-state index in [1.807, 2.05) is 5.43 Å². The Morgan fingerprint density at radius 1 is 1.54 bits per heavy atom. The van der Waals surface area contributed by atoms with E-state index in [4.69, 9.17) is 16.3 Å². The molecule has 0 fully saturated rings. The van der Waals surface area contributed by atoms with E-state index in [-0.39, 0.29) is 5.56 Å². The topological polar surface area (TPSA) is 90.4 Å². The lowest BCUT2D eigenvalue weighted by Gasteiger charge is -2.08. The monoisotopic (exact) mass is 181 g/mol. The summed E-state index contributed by atoms with van der Waals surface area (Å²) in [6.45, 7) is 0. The standard InChI is InChI=1S/C8H11N3O2/c1-13-6-4-2-3-5(9)7(6)8(12)11-10/h2-4H,9-10H2,1H3,(H,11,12). The highest BCUT2D eigenvalue weighted by Gasteiger charge is 2.13. The van der Waals surface area contributed by atoms with Gasteiger partial charge < -0.3 is 10.5 Å². The lowest BCUT2D eigenvalue weighted by Crippen LogP contribution is -2.31. The van der Waals surface area contributed by atoms with Crippen LogP contribution in [0.2, 0.25) is 0 Å². The van der Waals surface area contributed by atoms with Gasteiger partial charge in [0.1, 0.15) is 11.3 Å². The van der Waals surface area contributed by atoms with E-state index in [2.05, 4.69) is 0 Å². The quantitative estimate of drug-likeness (QED) is 0.257. The maximum Gasteiger partial charge on any atom is 0.271 e. The minimum Gasteiger partial charge on any atom is -0.496 e. The van der Waals surface area contributed by atoms with Crippen LogP contribution >= 0.6 is 0 Å². The summed E-state index contributed by atoms with van der Waals surface area (Å²) >= 11 is 0.